The summed E-state index contributed by atoms with van der Waals surface area (Å²) in [7, 11) is 1.53. The summed E-state index contributed by atoms with van der Waals surface area (Å²) in [4.78, 5) is 28.8. The fourth-order valence-corrected chi connectivity index (χ4v) is 3.86. The van der Waals surface area contributed by atoms with Gasteiger partial charge >= 0.3 is 6.03 Å². The number of methoxy groups -OCH3 is 1. The van der Waals surface area contributed by atoms with Crippen LogP contribution in [0.1, 0.15) is 22.0 Å². The zero-order valence-electron chi connectivity index (χ0n) is 16.2. The lowest BCUT2D eigenvalue weighted by molar-refractivity contribution is 0.0634. The van der Waals surface area contributed by atoms with Crippen molar-refractivity contribution < 1.29 is 18.7 Å². The number of urea groups is 1. The number of piperazine rings is 1. The molecule has 0 bridgehead atoms. The van der Waals surface area contributed by atoms with E-state index in [1.807, 2.05) is 6.07 Å². The van der Waals surface area contributed by atoms with Gasteiger partial charge in [0.05, 0.1) is 18.8 Å². The van der Waals surface area contributed by atoms with E-state index >= 15 is 0 Å². The Balaban J connectivity index is 1.66. The van der Waals surface area contributed by atoms with Crippen molar-refractivity contribution in [2.75, 3.05) is 44.7 Å². The molecule has 2 aromatic carbocycles. The number of hydrogen-bond donors (Lipinski definition) is 2. The first-order valence-corrected chi connectivity index (χ1v) is 9.59. The molecule has 2 aliphatic heterocycles. The van der Waals surface area contributed by atoms with E-state index in [-0.39, 0.29) is 23.8 Å². The van der Waals surface area contributed by atoms with Crippen LogP contribution in [0.5, 0.6) is 5.75 Å². The van der Waals surface area contributed by atoms with E-state index in [0.717, 1.165) is 5.56 Å². The monoisotopic (exact) mass is 398 g/mol. The molecule has 2 heterocycles. The van der Waals surface area contributed by atoms with Gasteiger partial charge in [0.15, 0.2) is 0 Å². The SMILES string of the molecule is COc1ccc(C(=O)N2CCNCC2c2cccc(F)c2)cc1N1CCNC1=O. The highest BCUT2D eigenvalue weighted by molar-refractivity contribution is 6.00. The van der Waals surface area contributed by atoms with Crippen LogP contribution < -0.4 is 20.3 Å². The van der Waals surface area contributed by atoms with Gasteiger partial charge in [0.1, 0.15) is 11.6 Å². The Morgan fingerprint density at radius 3 is 2.76 bits per heavy atom. The Labute approximate surface area is 168 Å². The van der Waals surface area contributed by atoms with E-state index in [2.05, 4.69) is 10.6 Å². The number of amides is 3. The summed E-state index contributed by atoms with van der Waals surface area (Å²) in [5.74, 6) is 0.0390. The average molecular weight is 398 g/mol. The van der Waals surface area contributed by atoms with Crippen LogP contribution in [-0.4, -0.2) is 56.7 Å². The smallest absolute Gasteiger partial charge is 0.322 e. The second-order valence-corrected chi connectivity index (χ2v) is 7.04. The molecular formula is C21H23FN4O3. The Bertz CT molecular complexity index is 936. The molecule has 2 fully saturated rings. The molecule has 0 radical (unpaired) electrons. The van der Waals surface area contributed by atoms with Crippen molar-refractivity contribution in [2.24, 2.45) is 0 Å². The van der Waals surface area contributed by atoms with E-state index in [1.165, 1.54) is 19.2 Å². The maximum absolute atomic E-state index is 13.7. The van der Waals surface area contributed by atoms with Gasteiger partial charge in [0.25, 0.3) is 5.91 Å². The third-order valence-corrected chi connectivity index (χ3v) is 5.31. The van der Waals surface area contributed by atoms with E-state index in [0.29, 0.717) is 49.7 Å². The Morgan fingerprint density at radius 2 is 2.03 bits per heavy atom. The summed E-state index contributed by atoms with van der Waals surface area (Å²) < 4.78 is 19.1. The molecule has 2 saturated heterocycles. The van der Waals surface area contributed by atoms with E-state index in [1.54, 1.807) is 34.1 Å². The Kier molecular flexibility index (Phi) is 5.35. The molecule has 2 N–H and O–H groups in total. The predicted octanol–water partition coefficient (Wildman–Crippen LogP) is 2.15. The Morgan fingerprint density at radius 1 is 1.17 bits per heavy atom. The zero-order valence-corrected chi connectivity index (χ0v) is 16.2. The van der Waals surface area contributed by atoms with Gasteiger partial charge in [0, 0.05) is 38.3 Å². The van der Waals surface area contributed by atoms with Crippen LogP contribution in [-0.2, 0) is 0 Å². The average Bonchev–Trinajstić information content (AvgIpc) is 3.18. The van der Waals surface area contributed by atoms with Gasteiger partial charge < -0.3 is 20.3 Å². The third kappa shape index (κ3) is 3.75. The molecule has 3 amide bonds. The quantitative estimate of drug-likeness (QED) is 0.828. The summed E-state index contributed by atoms with van der Waals surface area (Å²) in [6.07, 6.45) is 0. The van der Waals surface area contributed by atoms with Crippen molar-refractivity contribution in [3.05, 3.63) is 59.4 Å². The first kappa shape index (κ1) is 19.2. The largest absolute Gasteiger partial charge is 0.495 e. The molecule has 0 spiro atoms. The summed E-state index contributed by atoms with van der Waals surface area (Å²) in [6.45, 7) is 2.76. The minimum Gasteiger partial charge on any atom is -0.495 e. The normalized spacial score (nSPS) is 19.2. The van der Waals surface area contributed by atoms with Crippen LogP contribution in [0.25, 0.3) is 0 Å². The number of ether oxygens (including phenoxy) is 1. The second-order valence-electron chi connectivity index (χ2n) is 7.04. The van der Waals surface area contributed by atoms with E-state index in [4.69, 9.17) is 4.74 Å². The maximum Gasteiger partial charge on any atom is 0.322 e. The fraction of sp³-hybridized carbons (Fsp3) is 0.333. The molecule has 0 saturated carbocycles. The highest BCUT2D eigenvalue weighted by Crippen LogP contribution is 2.32. The summed E-state index contributed by atoms with van der Waals surface area (Å²) in [5, 5.41) is 6.03. The van der Waals surface area contributed by atoms with Gasteiger partial charge in [-0.25, -0.2) is 9.18 Å². The van der Waals surface area contributed by atoms with Crippen molar-refractivity contribution in [2.45, 2.75) is 6.04 Å². The number of hydrogen-bond acceptors (Lipinski definition) is 4. The third-order valence-electron chi connectivity index (χ3n) is 5.31. The molecule has 4 rings (SSSR count). The molecule has 7 nitrogen and oxygen atoms in total. The Hall–Kier alpha value is -3.13. The molecule has 1 atom stereocenters. The molecule has 29 heavy (non-hydrogen) atoms. The van der Waals surface area contributed by atoms with Crippen LogP contribution >= 0.6 is 0 Å². The van der Waals surface area contributed by atoms with Crippen molar-refractivity contribution in [1.82, 2.24) is 15.5 Å². The standard InChI is InChI=1S/C21H23FN4O3/c1-29-19-6-5-15(12-17(19)26-10-8-24-21(26)28)20(27)25-9-7-23-13-18(25)14-3-2-4-16(22)11-14/h2-6,11-12,18,23H,7-10,13H2,1H3,(H,24,28). The second kappa shape index (κ2) is 8.08. The number of carbonyl (C=O) groups is 2. The number of carbonyl (C=O) groups excluding carboxylic acids is 2. The lowest BCUT2D eigenvalue weighted by Crippen LogP contribution is -2.48. The first-order valence-electron chi connectivity index (χ1n) is 9.59. The van der Waals surface area contributed by atoms with Crippen LogP contribution in [0.15, 0.2) is 42.5 Å². The van der Waals surface area contributed by atoms with E-state index in [9.17, 15) is 14.0 Å². The number of halogens is 1. The highest BCUT2D eigenvalue weighted by Gasteiger charge is 2.30. The van der Waals surface area contributed by atoms with Gasteiger partial charge in [-0.3, -0.25) is 9.69 Å². The van der Waals surface area contributed by atoms with Crippen LogP contribution in [0.3, 0.4) is 0 Å². The lowest BCUT2D eigenvalue weighted by Gasteiger charge is -2.37. The number of nitrogens with zero attached hydrogens (tertiary/aromatic N) is 2. The van der Waals surface area contributed by atoms with Crippen molar-refractivity contribution in [3.63, 3.8) is 0 Å². The topological polar surface area (TPSA) is 73.9 Å². The molecule has 1 unspecified atom stereocenters. The van der Waals surface area contributed by atoms with Gasteiger partial charge in [0.2, 0.25) is 0 Å². The van der Waals surface area contributed by atoms with Crippen molar-refractivity contribution >= 4 is 17.6 Å². The minimum atomic E-state index is -0.327. The first-order chi connectivity index (χ1) is 14.1. The van der Waals surface area contributed by atoms with Crippen LogP contribution in [0, 0.1) is 5.82 Å². The molecule has 0 aliphatic carbocycles. The summed E-state index contributed by atoms with van der Waals surface area (Å²) in [6, 6.07) is 10.9. The zero-order chi connectivity index (χ0) is 20.4. The number of anilines is 1. The number of nitrogens with one attached hydrogen (secondary N) is 2. The maximum atomic E-state index is 13.7. The molecule has 152 valence electrons. The highest BCUT2D eigenvalue weighted by atomic mass is 19.1. The molecule has 0 aromatic heterocycles. The van der Waals surface area contributed by atoms with E-state index < -0.39 is 0 Å². The minimum absolute atomic E-state index is 0.163. The van der Waals surface area contributed by atoms with Gasteiger partial charge in [-0.15, -0.1) is 0 Å². The molecule has 8 heteroatoms. The lowest BCUT2D eigenvalue weighted by atomic mass is 10.0. The summed E-state index contributed by atoms with van der Waals surface area (Å²) in [5.41, 5.74) is 1.77. The molecule has 2 aliphatic rings. The molecule has 2 aromatic rings. The van der Waals surface area contributed by atoms with Crippen LogP contribution in [0.4, 0.5) is 14.9 Å². The predicted molar refractivity (Wildman–Crippen MR) is 107 cm³/mol. The number of benzene rings is 2. The van der Waals surface area contributed by atoms with Gasteiger partial charge in [-0.2, -0.15) is 0 Å². The van der Waals surface area contributed by atoms with Gasteiger partial charge in [-0.05, 0) is 35.9 Å². The van der Waals surface area contributed by atoms with Crippen LogP contribution in [0.2, 0.25) is 0 Å². The number of rotatable bonds is 4. The van der Waals surface area contributed by atoms with Gasteiger partial charge in [-0.1, -0.05) is 12.1 Å². The molecular weight excluding hydrogens is 375 g/mol. The summed E-state index contributed by atoms with van der Waals surface area (Å²) >= 11 is 0. The van der Waals surface area contributed by atoms with Crippen molar-refractivity contribution in [1.29, 1.82) is 0 Å². The van der Waals surface area contributed by atoms with Crippen molar-refractivity contribution in [3.8, 4) is 5.75 Å². The fourth-order valence-electron chi connectivity index (χ4n) is 3.86.